The number of benzene rings is 1. The minimum absolute atomic E-state index is 0.0566. The van der Waals surface area contributed by atoms with Gasteiger partial charge in [0, 0.05) is 5.56 Å². The molecular formula is C13H18O3. The topological polar surface area (TPSA) is 38.7 Å². The lowest BCUT2D eigenvalue weighted by molar-refractivity contribution is -0.0455. The van der Waals surface area contributed by atoms with Crippen LogP contribution in [0.3, 0.4) is 0 Å². The van der Waals surface area contributed by atoms with Crippen molar-refractivity contribution in [3.05, 3.63) is 29.3 Å². The van der Waals surface area contributed by atoms with Crippen LogP contribution < -0.4 is 0 Å². The molecule has 1 aliphatic rings. The number of hydrogen-bond acceptors (Lipinski definition) is 3. The molecule has 0 unspecified atom stereocenters. The van der Waals surface area contributed by atoms with E-state index in [0.29, 0.717) is 13.2 Å². The molecule has 2 rings (SSSR count). The molecule has 1 saturated heterocycles. The third-order valence-electron chi connectivity index (χ3n) is 2.77. The maximum absolute atomic E-state index is 9.80. The zero-order valence-electron chi connectivity index (χ0n) is 9.99. The Labute approximate surface area is 96.0 Å². The molecule has 0 radical (unpaired) electrons. The Morgan fingerprint density at radius 3 is 2.38 bits per heavy atom. The van der Waals surface area contributed by atoms with E-state index in [4.69, 9.17) is 9.47 Å². The van der Waals surface area contributed by atoms with Crippen LogP contribution in [0.1, 0.15) is 38.2 Å². The summed E-state index contributed by atoms with van der Waals surface area (Å²) >= 11 is 0. The van der Waals surface area contributed by atoms with Gasteiger partial charge in [0.15, 0.2) is 6.29 Å². The summed E-state index contributed by atoms with van der Waals surface area (Å²) in [5.41, 5.74) is 1.95. The largest absolute Gasteiger partial charge is 0.507 e. The summed E-state index contributed by atoms with van der Waals surface area (Å²) in [6, 6.07) is 5.61. The van der Waals surface area contributed by atoms with Crippen molar-refractivity contribution >= 4 is 0 Å². The van der Waals surface area contributed by atoms with Gasteiger partial charge in [-0.3, -0.25) is 0 Å². The van der Waals surface area contributed by atoms with E-state index in [1.807, 2.05) is 12.1 Å². The first kappa shape index (κ1) is 11.4. The third kappa shape index (κ3) is 2.20. The summed E-state index contributed by atoms with van der Waals surface area (Å²) in [6.07, 6.45) is -0.415. The molecule has 0 aromatic heterocycles. The smallest absolute Gasteiger partial charge is 0.187 e. The molecule has 1 N–H and O–H groups in total. The first-order valence-electron chi connectivity index (χ1n) is 5.55. The predicted octanol–water partition coefficient (Wildman–Crippen LogP) is 2.74. The monoisotopic (exact) mass is 222 g/mol. The second-order valence-corrected chi connectivity index (χ2v) is 5.10. The van der Waals surface area contributed by atoms with Gasteiger partial charge in [-0.05, 0) is 23.1 Å². The van der Waals surface area contributed by atoms with Crippen LogP contribution in [0.4, 0.5) is 0 Å². The molecular weight excluding hydrogens is 204 g/mol. The minimum Gasteiger partial charge on any atom is -0.507 e. The zero-order valence-corrected chi connectivity index (χ0v) is 9.99. The van der Waals surface area contributed by atoms with Crippen LogP contribution in [0.15, 0.2) is 18.2 Å². The summed E-state index contributed by atoms with van der Waals surface area (Å²) in [7, 11) is 0. The van der Waals surface area contributed by atoms with Crippen LogP contribution in [-0.4, -0.2) is 18.3 Å². The average molecular weight is 222 g/mol. The summed E-state index contributed by atoms with van der Waals surface area (Å²) in [5.74, 6) is 0.236. The normalized spacial score (nSPS) is 17.9. The van der Waals surface area contributed by atoms with Crippen LogP contribution in [0, 0.1) is 0 Å². The van der Waals surface area contributed by atoms with Crippen molar-refractivity contribution in [1.29, 1.82) is 0 Å². The van der Waals surface area contributed by atoms with Crippen LogP contribution in [-0.2, 0) is 14.9 Å². The van der Waals surface area contributed by atoms with Gasteiger partial charge >= 0.3 is 0 Å². The van der Waals surface area contributed by atoms with Crippen LogP contribution >= 0.6 is 0 Å². The SMILES string of the molecule is CC(C)(C)c1ccc(O)c(C2OCCO2)c1. The lowest BCUT2D eigenvalue weighted by Gasteiger charge is -2.21. The Balaban J connectivity index is 2.36. The number of phenols is 1. The first-order chi connectivity index (χ1) is 7.48. The average Bonchev–Trinajstić information content (AvgIpc) is 2.69. The van der Waals surface area contributed by atoms with Crippen LogP contribution in [0.5, 0.6) is 5.75 Å². The van der Waals surface area contributed by atoms with E-state index in [9.17, 15) is 5.11 Å². The highest BCUT2D eigenvalue weighted by molar-refractivity contribution is 5.39. The van der Waals surface area contributed by atoms with Crippen molar-refractivity contribution in [2.24, 2.45) is 0 Å². The second-order valence-electron chi connectivity index (χ2n) is 5.10. The molecule has 3 heteroatoms. The molecule has 1 aromatic carbocycles. The van der Waals surface area contributed by atoms with Crippen molar-refractivity contribution in [1.82, 2.24) is 0 Å². The summed E-state index contributed by atoms with van der Waals surface area (Å²) in [4.78, 5) is 0. The molecule has 1 aliphatic heterocycles. The quantitative estimate of drug-likeness (QED) is 0.794. The molecule has 0 saturated carbocycles. The fourth-order valence-corrected chi connectivity index (χ4v) is 1.75. The van der Waals surface area contributed by atoms with E-state index in [2.05, 4.69) is 20.8 Å². The Morgan fingerprint density at radius 1 is 1.19 bits per heavy atom. The van der Waals surface area contributed by atoms with Gasteiger partial charge in [0.05, 0.1) is 13.2 Å². The van der Waals surface area contributed by atoms with E-state index >= 15 is 0 Å². The minimum atomic E-state index is -0.415. The Morgan fingerprint density at radius 2 is 1.81 bits per heavy atom. The van der Waals surface area contributed by atoms with E-state index in [0.717, 1.165) is 5.56 Å². The highest BCUT2D eigenvalue weighted by atomic mass is 16.7. The third-order valence-corrected chi connectivity index (χ3v) is 2.77. The van der Waals surface area contributed by atoms with Crippen molar-refractivity contribution in [3.8, 4) is 5.75 Å². The van der Waals surface area contributed by atoms with Gasteiger partial charge < -0.3 is 14.6 Å². The molecule has 16 heavy (non-hydrogen) atoms. The molecule has 1 aromatic rings. The summed E-state index contributed by atoms with van der Waals surface area (Å²) in [6.45, 7) is 7.59. The molecule has 0 atom stereocenters. The molecule has 0 spiro atoms. The molecule has 0 aliphatic carbocycles. The van der Waals surface area contributed by atoms with Gasteiger partial charge in [-0.15, -0.1) is 0 Å². The second kappa shape index (κ2) is 4.07. The fraction of sp³-hybridized carbons (Fsp3) is 0.538. The van der Waals surface area contributed by atoms with E-state index in [1.54, 1.807) is 6.07 Å². The maximum Gasteiger partial charge on any atom is 0.187 e. The lowest BCUT2D eigenvalue weighted by Crippen LogP contribution is -2.12. The highest BCUT2D eigenvalue weighted by Crippen LogP contribution is 2.34. The predicted molar refractivity (Wildman–Crippen MR) is 61.5 cm³/mol. The molecule has 88 valence electrons. The van der Waals surface area contributed by atoms with Crippen LogP contribution in [0.25, 0.3) is 0 Å². The molecule has 3 nitrogen and oxygen atoms in total. The number of hydrogen-bond donors (Lipinski definition) is 1. The Hall–Kier alpha value is -1.06. The summed E-state index contributed by atoms with van der Waals surface area (Å²) < 4.78 is 10.8. The first-order valence-corrected chi connectivity index (χ1v) is 5.55. The van der Waals surface area contributed by atoms with Crippen molar-refractivity contribution in [2.75, 3.05) is 13.2 Å². The van der Waals surface area contributed by atoms with Crippen molar-refractivity contribution in [2.45, 2.75) is 32.5 Å². The van der Waals surface area contributed by atoms with Gasteiger partial charge in [0.1, 0.15) is 5.75 Å². The Kier molecular flexibility index (Phi) is 2.91. The number of rotatable bonds is 1. The van der Waals surface area contributed by atoms with Gasteiger partial charge in [0.25, 0.3) is 0 Å². The molecule has 1 fully saturated rings. The fourth-order valence-electron chi connectivity index (χ4n) is 1.75. The van der Waals surface area contributed by atoms with Gasteiger partial charge in [0.2, 0.25) is 0 Å². The lowest BCUT2D eigenvalue weighted by atomic mass is 9.86. The van der Waals surface area contributed by atoms with E-state index in [1.165, 1.54) is 5.56 Å². The molecule has 0 amide bonds. The van der Waals surface area contributed by atoms with Gasteiger partial charge in [-0.1, -0.05) is 26.8 Å². The number of aromatic hydroxyl groups is 1. The van der Waals surface area contributed by atoms with E-state index < -0.39 is 6.29 Å². The maximum atomic E-state index is 9.80. The van der Waals surface area contributed by atoms with Crippen LogP contribution in [0.2, 0.25) is 0 Å². The molecule has 0 bridgehead atoms. The van der Waals surface area contributed by atoms with Crippen molar-refractivity contribution < 1.29 is 14.6 Å². The van der Waals surface area contributed by atoms with E-state index in [-0.39, 0.29) is 11.2 Å². The Bertz CT molecular complexity index is 373. The number of phenolic OH excluding ortho intramolecular Hbond substituents is 1. The van der Waals surface area contributed by atoms with Gasteiger partial charge in [-0.25, -0.2) is 0 Å². The van der Waals surface area contributed by atoms with Gasteiger partial charge in [-0.2, -0.15) is 0 Å². The highest BCUT2D eigenvalue weighted by Gasteiger charge is 2.24. The summed E-state index contributed by atoms with van der Waals surface area (Å²) in [5, 5.41) is 9.80. The number of ether oxygens (including phenoxy) is 2. The van der Waals surface area contributed by atoms with Crippen molar-refractivity contribution in [3.63, 3.8) is 0 Å². The molecule has 1 heterocycles. The zero-order chi connectivity index (χ0) is 11.8. The standard InChI is InChI=1S/C13H18O3/c1-13(2,3)9-4-5-11(14)10(8-9)12-15-6-7-16-12/h4-5,8,12,14H,6-7H2,1-3H3.